The van der Waals surface area contributed by atoms with E-state index in [2.05, 4.69) is 15.1 Å². The molecule has 3 heterocycles. The summed E-state index contributed by atoms with van der Waals surface area (Å²) in [4.78, 5) is 5.04. The molecule has 0 aromatic rings. The molecule has 0 atom stereocenters. The van der Waals surface area contributed by atoms with Crippen molar-refractivity contribution >= 4 is 0 Å². The Labute approximate surface area is 104 Å². The van der Waals surface area contributed by atoms with Crippen molar-refractivity contribution < 1.29 is 5.11 Å². The van der Waals surface area contributed by atoms with Crippen LogP contribution in [0.2, 0.25) is 0 Å². The number of aliphatic hydroxyl groups excluding tert-OH is 1. The summed E-state index contributed by atoms with van der Waals surface area (Å²) in [5.41, 5.74) is 0.678. The second kappa shape index (κ2) is 4.84. The summed E-state index contributed by atoms with van der Waals surface area (Å²) >= 11 is 0. The number of nitrogens with zero attached hydrogens (tertiary/aromatic N) is 2. The molecule has 98 valence electrons. The van der Waals surface area contributed by atoms with Gasteiger partial charge in [-0.25, -0.2) is 0 Å². The third kappa shape index (κ3) is 2.50. The monoisotopic (exact) mass is 239 g/mol. The normalized spacial score (nSPS) is 30.2. The maximum Gasteiger partial charge on any atom is 0.0558 e. The first-order valence-electron chi connectivity index (χ1n) is 7.06. The van der Waals surface area contributed by atoms with Crippen LogP contribution in [-0.2, 0) is 0 Å². The van der Waals surface area contributed by atoms with Crippen molar-refractivity contribution in [1.29, 1.82) is 0 Å². The Morgan fingerprint density at radius 1 is 1.12 bits per heavy atom. The van der Waals surface area contributed by atoms with Crippen molar-refractivity contribution in [2.45, 2.75) is 12.8 Å². The number of β-amino-alcohol motifs (C(OH)–C–C–N with tert-alkyl or cyclic N) is 1. The van der Waals surface area contributed by atoms with Crippen molar-refractivity contribution in [3.63, 3.8) is 0 Å². The second-order valence-electron chi connectivity index (χ2n) is 6.28. The molecule has 4 heteroatoms. The van der Waals surface area contributed by atoms with E-state index in [4.69, 9.17) is 5.11 Å². The van der Waals surface area contributed by atoms with Crippen molar-refractivity contribution in [2.24, 2.45) is 11.3 Å². The molecule has 3 saturated heterocycles. The molecule has 0 aromatic carbocycles. The van der Waals surface area contributed by atoms with E-state index in [9.17, 15) is 0 Å². The highest BCUT2D eigenvalue weighted by Crippen LogP contribution is 2.35. The van der Waals surface area contributed by atoms with Crippen LogP contribution in [0.3, 0.4) is 0 Å². The number of hydrogen-bond acceptors (Lipinski definition) is 4. The molecule has 0 bridgehead atoms. The number of aliphatic hydroxyl groups is 1. The first-order valence-corrected chi connectivity index (χ1v) is 7.06. The van der Waals surface area contributed by atoms with Gasteiger partial charge in [0.2, 0.25) is 0 Å². The van der Waals surface area contributed by atoms with Gasteiger partial charge in [0.1, 0.15) is 0 Å². The molecule has 0 amide bonds. The Morgan fingerprint density at radius 3 is 2.35 bits per heavy atom. The quantitative estimate of drug-likeness (QED) is 0.700. The topological polar surface area (TPSA) is 38.7 Å². The fraction of sp³-hybridized carbons (Fsp3) is 1.00. The van der Waals surface area contributed by atoms with Gasteiger partial charge in [0.25, 0.3) is 0 Å². The van der Waals surface area contributed by atoms with Crippen LogP contribution < -0.4 is 5.32 Å². The predicted molar refractivity (Wildman–Crippen MR) is 68.0 cm³/mol. The molecule has 3 rings (SSSR count). The van der Waals surface area contributed by atoms with E-state index in [1.807, 2.05) is 0 Å². The second-order valence-corrected chi connectivity index (χ2v) is 6.28. The fourth-order valence-electron chi connectivity index (χ4n) is 3.63. The number of hydrogen-bond donors (Lipinski definition) is 2. The molecule has 3 aliphatic heterocycles. The average Bonchev–Trinajstić information content (AvgIpc) is 2.23. The molecule has 1 spiro atoms. The summed E-state index contributed by atoms with van der Waals surface area (Å²) in [5.74, 6) is 0.898. The summed E-state index contributed by atoms with van der Waals surface area (Å²) in [6.07, 6.45) is 2.64. The molecule has 4 nitrogen and oxygen atoms in total. The van der Waals surface area contributed by atoms with Crippen LogP contribution in [0.4, 0.5) is 0 Å². The summed E-state index contributed by atoms with van der Waals surface area (Å²) in [5, 5.41) is 12.3. The minimum atomic E-state index is 0.312. The Kier molecular flexibility index (Phi) is 3.39. The minimum absolute atomic E-state index is 0.312. The smallest absolute Gasteiger partial charge is 0.0558 e. The van der Waals surface area contributed by atoms with Crippen molar-refractivity contribution in [3.05, 3.63) is 0 Å². The average molecular weight is 239 g/mol. The molecule has 3 aliphatic rings. The SMILES string of the molecule is OCCN1CCC(CN2CC3(CNC3)C2)CC1. The van der Waals surface area contributed by atoms with Crippen LogP contribution in [0.1, 0.15) is 12.8 Å². The van der Waals surface area contributed by atoms with Gasteiger partial charge in [-0.2, -0.15) is 0 Å². The third-order valence-electron chi connectivity index (χ3n) is 4.76. The highest BCUT2D eigenvalue weighted by atomic mass is 16.3. The van der Waals surface area contributed by atoms with Crippen LogP contribution in [0.5, 0.6) is 0 Å². The number of piperidine rings is 1. The molecule has 0 saturated carbocycles. The summed E-state index contributed by atoms with van der Waals surface area (Å²) in [7, 11) is 0. The van der Waals surface area contributed by atoms with Crippen LogP contribution in [0.25, 0.3) is 0 Å². The number of rotatable bonds is 4. The molecular formula is C13H25N3O. The van der Waals surface area contributed by atoms with Crippen LogP contribution in [0, 0.1) is 11.3 Å². The maximum atomic E-state index is 8.91. The van der Waals surface area contributed by atoms with Gasteiger partial charge in [-0.1, -0.05) is 0 Å². The van der Waals surface area contributed by atoms with E-state index in [1.165, 1.54) is 58.7 Å². The van der Waals surface area contributed by atoms with Gasteiger partial charge in [0.05, 0.1) is 6.61 Å². The highest BCUT2D eigenvalue weighted by molar-refractivity contribution is 5.04. The van der Waals surface area contributed by atoms with Gasteiger partial charge < -0.3 is 20.2 Å². The number of likely N-dealkylation sites (tertiary alicyclic amines) is 2. The third-order valence-corrected chi connectivity index (χ3v) is 4.76. The Balaban J connectivity index is 1.34. The van der Waals surface area contributed by atoms with E-state index < -0.39 is 0 Å². The molecular weight excluding hydrogens is 214 g/mol. The van der Waals surface area contributed by atoms with E-state index in [0.717, 1.165) is 12.5 Å². The highest BCUT2D eigenvalue weighted by Gasteiger charge is 2.47. The van der Waals surface area contributed by atoms with Gasteiger partial charge in [0.15, 0.2) is 0 Å². The molecule has 0 aromatic heterocycles. The van der Waals surface area contributed by atoms with E-state index >= 15 is 0 Å². The molecule has 17 heavy (non-hydrogen) atoms. The zero-order chi connectivity index (χ0) is 11.7. The van der Waals surface area contributed by atoms with Crippen molar-refractivity contribution in [1.82, 2.24) is 15.1 Å². The largest absolute Gasteiger partial charge is 0.395 e. The molecule has 0 aliphatic carbocycles. The lowest BCUT2D eigenvalue weighted by Gasteiger charge is -2.57. The van der Waals surface area contributed by atoms with Gasteiger partial charge in [-0.3, -0.25) is 0 Å². The minimum Gasteiger partial charge on any atom is -0.395 e. The zero-order valence-electron chi connectivity index (χ0n) is 10.7. The molecule has 3 fully saturated rings. The Morgan fingerprint density at radius 2 is 1.82 bits per heavy atom. The first kappa shape index (κ1) is 11.9. The maximum absolute atomic E-state index is 8.91. The first-order chi connectivity index (χ1) is 8.30. The van der Waals surface area contributed by atoms with Gasteiger partial charge in [-0.05, 0) is 31.8 Å². The fourth-order valence-corrected chi connectivity index (χ4v) is 3.63. The van der Waals surface area contributed by atoms with Gasteiger partial charge in [0, 0.05) is 44.7 Å². The van der Waals surface area contributed by atoms with E-state index in [-0.39, 0.29) is 0 Å². The summed E-state index contributed by atoms with van der Waals surface area (Å²) in [6, 6.07) is 0. The lowest BCUT2D eigenvalue weighted by atomic mass is 9.74. The van der Waals surface area contributed by atoms with E-state index in [0.29, 0.717) is 12.0 Å². The van der Waals surface area contributed by atoms with Crippen LogP contribution in [-0.4, -0.2) is 73.9 Å². The van der Waals surface area contributed by atoms with Crippen LogP contribution >= 0.6 is 0 Å². The van der Waals surface area contributed by atoms with Gasteiger partial charge >= 0.3 is 0 Å². The Bertz CT molecular complexity index is 251. The molecule has 2 N–H and O–H groups in total. The molecule has 0 radical (unpaired) electrons. The lowest BCUT2D eigenvalue weighted by Crippen LogP contribution is -2.71. The van der Waals surface area contributed by atoms with Crippen molar-refractivity contribution in [3.8, 4) is 0 Å². The summed E-state index contributed by atoms with van der Waals surface area (Å²) in [6.45, 7) is 10.0. The van der Waals surface area contributed by atoms with Gasteiger partial charge in [-0.15, -0.1) is 0 Å². The Hall–Kier alpha value is -0.160. The standard InChI is InChI=1S/C13H25N3O/c17-6-5-15-3-1-12(2-4-15)7-16-10-13(11-16)8-14-9-13/h12,14,17H,1-11H2. The predicted octanol–water partition coefficient (Wildman–Crippen LogP) is -0.404. The number of nitrogens with one attached hydrogen (secondary N) is 1. The summed E-state index contributed by atoms with van der Waals surface area (Å²) < 4.78 is 0. The van der Waals surface area contributed by atoms with Crippen LogP contribution in [0.15, 0.2) is 0 Å². The van der Waals surface area contributed by atoms with Crippen molar-refractivity contribution in [2.75, 3.05) is 59.0 Å². The molecule has 0 unspecified atom stereocenters. The van der Waals surface area contributed by atoms with E-state index in [1.54, 1.807) is 0 Å². The lowest BCUT2D eigenvalue weighted by molar-refractivity contribution is -0.0513. The zero-order valence-corrected chi connectivity index (χ0v) is 10.7.